The van der Waals surface area contributed by atoms with Gasteiger partial charge in [-0.1, -0.05) is 32.4 Å². The molecule has 5 heteroatoms. The molecular weight excluding hydrogens is 288 g/mol. The molecule has 2 N–H and O–H groups in total. The fourth-order valence-electron chi connectivity index (χ4n) is 1.94. The molecule has 112 valence electrons. The molecule has 1 aromatic carbocycles. The third-order valence-corrected chi connectivity index (χ3v) is 3.25. The first-order valence-corrected chi connectivity index (χ1v) is 6.96. The zero-order valence-corrected chi connectivity index (χ0v) is 13.4. The van der Waals surface area contributed by atoms with Crippen LogP contribution in [0.5, 0.6) is 17.4 Å². The lowest BCUT2D eigenvalue weighted by atomic mass is 9.86. The minimum absolute atomic E-state index is 0.106. The van der Waals surface area contributed by atoms with E-state index in [0.29, 0.717) is 22.3 Å². The van der Waals surface area contributed by atoms with E-state index in [1.807, 2.05) is 18.2 Å². The van der Waals surface area contributed by atoms with Gasteiger partial charge in [0.05, 0.1) is 17.8 Å². The third kappa shape index (κ3) is 3.58. The molecule has 0 atom stereocenters. The molecule has 0 aliphatic heterocycles. The van der Waals surface area contributed by atoms with Crippen molar-refractivity contribution < 1.29 is 9.47 Å². The molecule has 4 nitrogen and oxygen atoms in total. The average molecular weight is 307 g/mol. The molecule has 0 fully saturated rings. The Kier molecular flexibility index (Phi) is 4.28. The Balaban J connectivity index is 2.44. The molecule has 0 saturated heterocycles. The number of nitrogens with zero attached hydrogens (tertiary/aromatic N) is 1. The van der Waals surface area contributed by atoms with Crippen LogP contribution in [0.3, 0.4) is 0 Å². The maximum Gasteiger partial charge on any atom is 0.242 e. The van der Waals surface area contributed by atoms with Crippen molar-refractivity contribution in [3.63, 3.8) is 0 Å². The molecule has 0 aliphatic carbocycles. The van der Waals surface area contributed by atoms with Crippen molar-refractivity contribution in [2.45, 2.75) is 26.2 Å². The highest BCUT2D eigenvalue weighted by atomic mass is 35.5. The van der Waals surface area contributed by atoms with E-state index in [1.165, 1.54) is 6.20 Å². The molecule has 1 aromatic heterocycles. The Hall–Kier alpha value is -1.94. The molecule has 0 bridgehead atoms. The number of aromatic nitrogens is 1. The van der Waals surface area contributed by atoms with E-state index in [1.54, 1.807) is 13.2 Å². The monoisotopic (exact) mass is 306 g/mol. The van der Waals surface area contributed by atoms with Crippen molar-refractivity contribution in [1.29, 1.82) is 0 Å². The number of pyridine rings is 1. The largest absolute Gasteiger partial charge is 0.497 e. The molecule has 0 radical (unpaired) electrons. The van der Waals surface area contributed by atoms with Crippen LogP contribution in [-0.4, -0.2) is 12.1 Å². The van der Waals surface area contributed by atoms with Gasteiger partial charge in [0.2, 0.25) is 5.88 Å². The molecule has 2 rings (SSSR count). The molecule has 21 heavy (non-hydrogen) atoms. The van der Waals surface area contributed by atoms with Crippen LogP contribution in [0.1, 0.15) is 26.3 Å². The predicted molar refractivity (Wildman–Crippen MR) is 85.4 cm³/mol. The second-order valence-corrected chi connectivity index (χ2v) is 6.20. The van der Waals surface area contributed by atoms with Crippen LogP contribution in [-0.2, 0) is 5.41 Å². The van der Waals surface area contributed by atoms with Gasteiger partial charge in [-0.2, -0.15) is 0 Å². The van der Waals surface area contributed by atoms with Crippen molar-refractivity contribution in [1.82, 2.24) is 4.98 Å². The molecule has 0 saturated carbocycles. The van der Waals surface area contributed by atoms with Crippen LogP contribution in [0.4, 0.5) is 5.69 Å². The van der Waals surface area contributed by atoms with Crippen molar-refractivity contribution in [2.24, 2.45) is 0 Å². The topological polar surface area (TPSA) is 57.4 Å². The van der Waals surface area contributed by atoms with E-state index >= 15 is 0 Å². The van der Waals surface area contributed by atoms with Gasteiger partial charge in [-0.05, 0) is 29.7 Å². The first-order valence-electron chi connectivity index (χ1n) is 6.58. The maximum atomic E-state index is 5.89. The van der Waals surface area contributed by atoms with Crippen molar-refractivity contribution in [3.8, 4) is 17.4 Å². The van der Waals surface area contributed by atoms with E-state index < -0.39 is 0 Å². The Morgan fingerprint density at radius 3 is 2.48 bits per heavy atom. The summed E-state index contributed by atoms with van der Waals surface area (Å²) < 4.78 is 11.2. The molecule has 0 unspecified atom stereocenters. The number of methoxy groups -OCH3 is 1. The minimum Gasteiger partial charge on any atom is -0.497 e. The summed E-state index contributed by atoms with van der Waals surface area (Å²) in [4.78, 5) is 4.13. The zero-order chi connectivity index (χ0) is 15.6. The van der Waals surface area contributed by atoms with E-state index in [2.05, 4.69) is 25.8 Å². The summed E-state index contributed by atoms with van der Waals surface area (Å²) in [7, 11) is 1.64. The van der Waals surface area contributed by atoms with Gasteiger partial charge in [0.15, 0.2) is 0 Å². The molecule has 0 aliphatic rings. The summed E-state index contributed by atoms with van der Waals surface area (Å²) in [6, 6.07) is 7.28. The summed E-state index contributed by atoms with van der Waals surface area (Å²) in [5.74, 6) is 1.82. The standard InChI is InChI=1S/C16H19ClN2O2/c1-16(2,3)12-8-11(20-4)5-6-14(12)21-15-13(18)7-10(17)9-19-15/h5-9H,18H2,1-4H3. The van der Waals surface area contributed by atoms with Gasteiger partial charge in [-0.25, -0.2) is 4.98 Å². The molecule has 1 heterocycles. The summed E-state index contributed by atoms with van der Waals surface area (Å²) in [6.45, 7) is 6.31. The Morgan fingerprint density at radius 1 is 1.19 bits per heavy atom. The van der Waals surface area contributed by atoms with Crippen LogP contribution in [0.15, 0.2) is 30.5 Å². The number of hydrogen-bond acceptors (Lipinski definition) is 4. The Bertz CT molecular complexity index is 651. The zero-order valence-electron chi connectivity index (χ0n) is 12.6. The molecule has 0 spiro atoms. The Morgan fingerprint density at radius 2 is 1.90 bits per heavy atom. The van der Waals surface area contributed by atoms with Crippen molar-refractivity contribution in [2.75, 3.05) is 12.8 Å². The highest BCUT2D eigenvalue weighted by Crippen LogP contribution is 2.37. The van der Waals surface area contributed by atoms with Gasteiger partial charge in [0, 0.05) is 11.8 Å². The number of rotatable bonds is 3. The second-order valence-electron chi connectivity index (χ2n) is 5.76. The van der Waals surface area contributed by atoms with Crippen LogP contribution in [0.2, 0.25) is 5.02 Å². The highest BCUT2D eigenvalue weighted by Gasteiger charge is 2.21. The van der Waals surface area contributed by atoms with E-state index in [4.69, 9.17) is 26.8 Å². The van der Waals surface area contributed by atoms with Gasteiger partial charge in [0.25, 0.3) is 0 Å². The lowest BCUT2D eigenvalue weighted by Gasteiger charge is -2.23. The van der Waals surface area contributed by atoms with Crippen LogP contribution < -0.4 is 15.2 Å². The number of ether oxygens (including phenoxy) is 2. The average Bonchev–Trinajstić information content (AvgIpc) is 2.41. The lowest BCUT2D eigenvalue weighted by Crippen LogP contribution is -2.13. The predicted octanol–water partition coefficient (Wildman–Crippen LogP) is 4.42. The van der Waals surface area contributed by atoms with Gasteiger partial charge < -0.3 is 15.2 Å². The van der Waals surface area contributed by atoms with Gasteiger partial charge >= 0.3 is 0 Å². The number of nitrogen functional groups attached to an aromatic ring is 1. The fraction of sp³-hybridized carbons (Fsp3) is 0.312. The summed E-state index contributed by atoms with van der Waals surface area (Å²) in [5, 5.41) is 0.477. The van der Waals surface area contributed by atoms with Crippen molar-refractivity contribution >= 4 is 17.3 Å². The number of nitrogens with two attached hydrogens (primary N) is 1. The fourth-order valence-corrected chi connectivity index (χ4v) is 2.11. The third-order valence-electron chi connectivity index (χ3n) is 3.05. The minimum atomic E-state index is -0.106. The molecular formula is C16H19ClN2O2. The normalized spacial score (nSPS) is 11.3. The first-order chi connectivity index (χ1) is 9.81. The summed E-state index contributed by atoms with van der Waals surface area (Å²) in [6.07, 6.45) is 1.51. The van der Waals surface area contributed by atoms with Crippen LogP contribution in [0.25, 0.3) is 0 Å². The number of anilines is 1. The maximum absolute atomic E-state index is 5.89. The van der Waals surface area contributed by atoms with E-state index in [9.17, 15) is 0 Å². The molecule has 2 aromatic rings. The number of halogens is 1. The van der Waals surface area contributed by atoms with E-state index in [0.717, 1.165) is 11.3 Å². The smallest absolute Gasteiger partial charge is 0.242 e. The van der Waals surface area contributed by atoms with Crippen molar-refractivity contribution in [3.05, 3.63) is 41.0 Å². The van der Waals surface area contributed by atoms with Gasteiger partial charge in [-0.15, -0.1) is 0 Å². The van der Waals surface area contributed by atoms with Gasteiger partial charge in [0.1, 0.15) is 11.5 Å². The summed E-state index contributed by atoms with van der Waals surface area (Å²) >= 11 is 5.85. The lowest BCUT2D eigenvalue weighted by molar-refractivity contribution is 0.405. The Labute approximate surface area is 129 Å². The number of hydrogen-bond donors (Lipinski definition) is 1. The van der Waals surface area contributed by atoms with Crippen LogP contribution in [0, 0.1) is 0 Å². The van der Waals surface area contributed by atoms with Crippen LogP contribution >= 0.6 is 11.6 Å². The molecule has 0 amide bonds. The first kappa shape index (κ1) is 15.4. The van der Waals surface area contributed by atoms with E-state index in [-0.39, 0.29) is 5.41 Å². The second kappa shape index (κ2) is 5.82. The SMILES string of the molecule is COc1ccc(Oc2ncc(Cl)cc2N)c(C(C)(C)C)c1. The van der Waals surface area contributed by atoms with Gasteiger partial charge in [-0.3, -0.25) is 0 Å². The number of benzene rings is 1. The summed E-state index contributed by atoms with van der Waals surface area (Å²) in [5.41, 5.74) is 7.19. The highest BCUT2D eigenvalue weighted by molar-refractivity contribution is 6.30. The quantitative estimate of drug-likeness (QED) is 0.912.